The van der Waals surface area contributed by atoms with E-state index in [-0.39, 0.29) is 0 Å². The van der Waals surface area contributed by atoms with Crippen molar-refractivity contribution in [3.05, 3.63) is 34.9 Å². The van der Waals surface area contributed by atoms with E-state index in [1.165, 1.54) is 24.0 Å². The molecule has 0 radical (unpaired) electrons. The van der Waals surface area contributed by atoms with Crippen LogP contribution in [0.1, 0.15) is 43.0 Å². The third-order valence-corrected chi connectivity index (χ3v) is 3.17. The molecule has 2 rings (SSSR count). The molecule has 15 heavy (non-hydrogen) atoms. The summed E-state index contributed by atoms with van der Waals surface area (Å²) < 4.78 is 0. The van der Waals surface area contributed by atoms with E-state index in [9.17, 15) is 0 Å². The highest BCUT2D eigenvalue weighted by Crippen LogP contribution is 2.28. The van der Waals surface area contributed by atoms with E-state index in [4.69, 9.17) is 0 Å². The van der Waals surface area contributed by atoms with Gasteiger partial charge < -0.3 is 5.32 Å². The molecule has 0 aromatic heterocycles. The number of hydrogen-bond donors (Lipinski definition) is 1. The summed E-state index contributed by atoms with van der Waals surface area (Å²) in [5, 5.41) is 3.63. The van der Waals surface area contributed by atoms with Crippen molar-refractivity contribution in [3.63, 3.8) is 0 Å². The molecule has 0 aliphatic carbocycles. The van der Waals surface area contributed by atoms with E-state index in [1.807, 2.05) is 0 Å². The van der Waals surface area contributed by atoms with Crippen LogP contribution in [0.4, 0.5) is 0 Å². The van der Waals surface area contributed by atoms with Crippen LogP contribution in [-0.2, 0) is 6.42 Å². The number of benzene rings is 1. The topological polar surface area (TPSA) is 12.0 Å². The number of nitrogens with one attached hydrogen (secondary N) is 1. The zero-order valence-electron chi connectivity index (χ0n) is 10.0. The highest BCUT2D eigenvalue weighted by molar-refractivity contribution is 5.35. The second-order valence-electron chi connectivity index (χ2n) is 5.09. The lowest BCUT2D eigenvalue weighted by Crippen LogP contribution is -2.30. The van der Waals surface area contributed by atoms with Crippen molar-refractivity contribution >= 4 is 0 Å². The molecule has 1 aromatic rings. The first-order chi connectivity index (χ1) is 7.16. The van der Waals surface area contributed by atoms with Crippen LogP contribution in [0.3, 0.4) is 0 Å². The summed E-state index contributed by atoms with van der Waals surface area (Å²) in [4.78, 5) is 0. The molecule has 0 amide bonds. The Hall–Kier alpha value is -0.820. The van der Waals surface area contributed by atoms with Crippen molar-refractivity contribution in [3.8, 4) is 0 Å². The Balaban J connectivity index is 2.26. The Labute approximate surface area is 92.9 Å². The number of aryl methyl sites for hydroxylation is 1. The fourth-order valence-corrected chi connectivity index (χ4v) is 2.46. The molecule has 82 valence electrons. The average molecular weight is 203 g/mol. The minimum atomic E-state index is 0.578. The minimum absolute atomic E-state index is 0.578. The molecule has 1 aliphatic heterocycles. The van der Waals surface area contributed by atoms with Gasteiger partial charge in [-0.1, -0.05) is 37.6 Å². The lowest BCUT2D eigenvalue weighted by atomic mass is 9.88. The van der Waals surface area contributed by atoms with Crippen molar-refractivity contribution in [2.75, 3.05) is 6.54 Å². The molecule has 0 saturated heterocycles. The zero-order valence-corrected chi connectivity index (χ0v) is 10.0. The van der Waals surface area contributed by atoms with Gasteiger partial charge in [0.25, 0.3) is 0 Å². The van der Waals surface area contributed by atoms with E-state index >= 15 is 0 Å². The maximum absolute atomic E-state index is 3.63. The molecule has 0 unspecified atom stereocenters. The van der Waals surface area contributed by atoms with Crippen molar-refractivity contribution < 1.29 is 0 Å². The van der Waals surface area contributed by atoms with Gasteiger partial charge in [-0.25, -0.2) is 0 Å². The predicted octanol–water partition coefficient (Wildman–Crippen LogP) is 3.23. The van der Waals surface area contributed by atoms with Gasteiger partial charge in [-0.15, -0.1) is 0 Å². The maximum Gasteiger partial charge on any atom is 0.0325 e. The summed E-state index contributed by atoms with van der Waals surface area (Å²) in [7, 11) is 0. The van der Waals surface area contributed by atoms with Gasteiger partial charge in [0.2, 0.25) is 0 Å². The second-order valence-corrected chi connectivity index (χ2v) is 5.09. The van der Waals surface area contributed by atoms with Crippen molar-refractivity contribution in [2.45, 2.75) is 39.7 Å². The smallest absolute Gasteiger partial charge is 0.0325 e. The molecule has 0 spiro atoms. The molecular formula is C14H21N. The number of fused-ring (bicyclic) bond motifs is 1. The van der Waals surface area contributed by atoms with Gasteiger partial charge in [0, 0.05) is 6.04 Å². The molecule has 1 nitrogen and oxygen atoms in total. The van der Waals surface area contributed by atoms with Crippen LogP contribution in [0.2, 0.25) is 0 Å². The highest BCUT2D eigenvalue weighted by Gasteiger charge is 2.19. The SMILES string of the molecule is Cc1ccc2c(c1)CCN[C@@H]2CC(C)C. The van der Waals surface area contributed by atoms with Gasteiger partial charge in [0.1, 0.15) is 0 Å². The van der Waals surface area contributed by atoms with Gasteiger partial charge >= 0.3 is 0 Å². The van der Waals surface area contributed by atoms with E-state index in [2.05, 4.69) is 44.3 Å². The fraction of sp³-hybridized carbons (Fsp3) is 0.571. The average Bonchev–Trinajstić information content (AvgIpc) is 2.16. The Bertz CT molecular complexity index is 341. The molecule has 1 atom stereocenters. The fourth-order valence-electron chi connectivity index (χ4n) is 2.46. The van der Waals surface area contributed by atoms with Crippen LogP contribution in [0.15, 0.2) is 18.2 Å². The first kappa shape index (κ1) is 10.7. The lowest BCUT2D eigenvalue weighted by Gasteiger charge is -2.28. The van der Waals surface area contributed by atoms with Crippen LogP contribution < -0.4 is 5.32 Å². The summed E-state index contributed by atoms with van der Waals surface area (Å²) >= 11 is 0. The van der Waals surface area contributed by atoms with Crippen molar-refractivity contribution in [1.29, 1.82) is 0 Å². The van der Waals surface area contributed by atoms with E-state index in [0.29, 0.717) is 6.04 Å². The van der Waals surface area contributed by atoms with Crippen LogP contribution in [0, 0.1) is 12.8 Å². The maximum atomic E-state index is 3.63. The monoisotopic (exact) mass is 203 g/mol. The zero-order chi connectivity index (χ0) is 10.8. The highest BCUT2D eigenvalue weighted by atomic mass is 14.9. The van der Waals surface area contributed by atoms with Crippen LogP contribution in [-0.4, -0.2) is 6.54 Å². The molecule has 1 N–H and O–H groups in total. The minimum Gasteiger partial charge on any atom is -0.310 e. The Morgan fingerprint density at radius 3 is 2.93 bits per heavy atom. The molecular weight excluding hydrogens is 182 g/mol. The predicted molar refractivity (Wildman–Crippen MR) is 65.1 cm³/mol. The molecule has 0 saturated carbocycles. The third-order valence-electron chi connectivity index (χ3n) is 3.17. The van der Waals surface area contributed by atoms with Gasteiger partial charge in [-0.3, -0.25) is 0 Å². The standard InChI is InChI=1S/C14H21N/c1-10(2)8-14-13-5-4-11(3)9-12(13)6-7-15-14/h4-5,9-10,14-15H,6-8H2,1-3H3/t14-/m1/s1. The summed E-state index contributed by atoms with van der Waals surface area (Å²) in [6.07, 6.45) is 2.43. The lowest BCUT2D eigenvalue weighted by molar-refractivity contribution is 0.414. The van der Waals surface area contributed by atoms with Crippen LogP contribution in [0.25, 0.3) is 0 Å². The summed E-state index contributed by atoms with van der Waals surface area (Å²) in [5.41, 5.74) is 4.47. The van der Waals surface area contributed by atoms with Gasteiger partial charge in [0.15, 0.2) is 0 Å². The Morgan fingerprint density at radius 1 is 1.40 bits per heavy atom. The quantitative estimate of drug-likeness (QED) is 0.778. The van der Waals surface area contributed by atoms with Crippen molar-refractivity contribution in [2.24, 2.45) is 5.92 Å². The largest absolute Gasteiger partial charge is 0.310 e. The Kier molecular flexibility index (Phi) is 3.11. The summed E-state index contributed by atoms with van der Waals surface area (Å²) in [6, 6.07) is 7.47. The number of hydrogen-bond acceptors (Lipinski definition) is 1. The third kappa shape index (κ3) is 2.40. The summed E-state index contributed by atoms with van der Waals surface area (Å²) in [6.45, 7) is 7.90. The molecule has 0 bridgehead atoms. The van der Waals surface area contributed by atoms with Gasteiger partial charge in [0.05, 0.1) is 0 Å². The molecule has 1 aromatic carbocycles. The van der Waals surface area contributed by atoms with Crippen LogP contribution in [0.5, 0.6) is 0 Å². The van der Waals surface area contributed by atoms with Crippen LogP contribution >= 0.6 is 0 Å². The molecule has 1 heterocycles. The van der Waals surface area contributed by atoms with E-state index in [0.717, 1.165) is 12.5 Å². The molecule has 1 heteroatoms. The first-order valence-corrected chi connectivity index (χ1v) is 5.99. The normalized spacial score (nSPS) is 20.4. The summed E-state index contributed by atoms with van der Waals surface area (Å²) in [5.74, 6) is 0.759. The van der Waals surface area contributed by atoms with E-state index in [1.54, 1.807) is 5.56 Å². The second kappa shape index (κ2) is 4.36. The van der Waals surface area contributed by atoms with Gasteiger partial charge in [-0.05, 0) is 43.4 Å². The first-order valence-electron chi connectivity index (χ1n) is 5.99. The number of rotatable bonds is 2. The van der Waals surface area contributed by atoms with E-state index < -0.39 is 0 Å². The van der Waals surface area contributed by atoms with Gasteiger partial charge in [-0.2, -0.15) is 0 Å². The van der Waals surface area contributed by atoms with Crippen molar-refractivity contribution in [1.82, 2.24) is 5.32 Å². The molecule has 0 fully saturated rings. The molecule has 1 aliphatic rings. The Morgan fingerprint density at radius 2 is 2.20 bits per heavy atom.